The van der Waals surface area contributed by atoms with Crippen molar-refractivity contribution in [1.82, 2.24) is 10.6 Å². The first kappa shape index (κ1) is 20.2. The molecule has 0 atom stereocenters. The zero-order chi connectivity index (χ0) is 16.5. The molecule has 2 N–H and O–H groups in total. The fourth-order valence-electron chi connectivity index (χ4n) is 2.29. The van der Waals surface area contributed by atoms with Gasteiger partial charge in [0.05, 0.1) is 12.3 Å². The predicted octanol–water partition coefficient (Wildman–Crippen LogP) is 0.576. The van der Waals surface area contributed by atoms with E-state index >= 15 is 0 Å². The van der Waals surface area contributed by atoms with Gasteiger partial charge in [0.25, 0.3) is 5.91 Å². The van der Waals surface area contributed by atoms with Gasteiger partial charge in [0.15, 0.2) is 6.61 Å². The molecule has 2 rings (SSSR count). The summed E-state index contributed by atoms with van der Waals surface area (Å²) in [7, 11) is 1.65. The van der Waals surface area contributed by atoms with Crippen molar-refractivity contribution < 1.29 is 19.1 Å². The number of hydrogen-bond donors (Lipinski definition) is 2. The SMILES string of the molecule is COCCNCCNC(=O)CCN1C(=O)COc2ccccc21.Cl. The van der Waals surface area contributed by atoms with Gasteiger partial charge < -0.3 is 25.0 Å². The Morgan fingerprint density at radius 1 is 1.29 bits per heavy atom. The van der Waals surface area contributed by atoms with Gasteiger partial charge in [0, 0.05) is 39.7 Å². The van der Waals surface area contributed by atoms with Crippen molar-refractivity contribution in [3.63, 3.8) is 0 Å². The number of halogens is 1. The Morgan fingerprint density at radius 3 is 2.88 bits per heavy atom. The Morgan fingerprint density at radius 2 is 2.08 bits per heavy atom. The van der Waals surface area contributed by atoms with Gasteiger partial charge in [-0.3, -0.25) is 9.59 Å². The maximum absolute atomic E-state index is 12.0. The molecule has 2 amide bonds. The molecule has 1 aromatic rings. The summed E-state index contributed by atoms with van der Waals surface area (Å²) in [4.78, 5) is 25.4. The number of methoxy groups -OCH3 is 1. The number of amides is 2. The van der Waals surface area contributed by atoms with E-state index in [4.69, 9.17) is 9.47 Å². The van der Waals surface area contributed by atoms with Crippen LogP contribution in [0.1, 0.15) is 6.42 Å². The summed E-state index contributed by atoms with van der Waals surface area (Å²) in [6.45, 7) is 3.01. The lowest BCUT2D eigenvalue weighted by atomic mass is 10.2. The Kier molecular flexibility index (Phi) is 9.14. The molecule has 1 heterocycles. The Hall–Kier alpha value is -1.83. The van der Waals surface area contributed by atoms with Crippen molar-refractivity contribution in [2.45, 2.75) is 6.42 Å². The molecule has 8 heteroatoms. The molecule has 1 aliphatic heterocycles. The molecule has 0 radical (unpaired) electrons. The minimum atomic E-state index is -0.127. The smallest absolute Gasteiger partial charge is 0.265 e. The van der Waals surface area contributed by atoms with Gasteiger partial charge in [-0.1, -0.05) is 12.1 Å². The average molecular weight is 358 g/mol. The number of ether oxygens (including phenoxy) is 2. The number of fused-ring (bicyclic) bond motifs is 1. The van der Waals surface area contributed by atoms with Crippen LogP contribution in [-0.2, 0) is 14.3 Å². The summed E-state index contributed by atoms with van der Waals surface area (Å²) < 4.78 is 10.3. The minimum absolute atomic E-state index is 0. The topological polar surface area (TPSA) is 79.9 Å². The highest BCUT2D eigenvalue weighted by Crippen LogP contribution is 2.31. The maximum atomic E-state index is 12.0. The number of carbonyl (C=O) groups is 2. The second kappa shape index (κ2) is 10.9. The number of nitrogens with zero attached hydrogens (tertiary/aromatic N) is 1. The van der Waals surface area contributed by atoms with Gasteiger partial charge in [-0.2, -0.15) is 0 Å². The van der Waals surface area contributed by atoms with E-state index in [9.17, 15) is 9.59 Å². The van der Waals surface area contributed by atoms with Gasteiger partial charge in [0.1, 0.15) is 5.75 Å². The van der Waals surface area contributed by atoms with Crippen molar-refractivity contribution in [3.8, 4) is 5.75 Å². The maximum Gasteiger partial charge on any atom is 0.265 e. The largest absolute Gasteiger partial charge is 0.482 e. The van der Waals surface area contributed by atoms with Crippen molar-refractivity contribution in [3.05, 3.63) is 24.3 Å². The van der Waals surface area contributed by atoms with Gasteiger partial charge >= 0.3 is 0 Å². The number of rotatable bonds is 9. The third-order valence-electron chi connectivity index (χ3n) is 3.48. The Bertz CT molecular complexity index is 542. The number of benzene rings is 1. The van der Waals surface area contributed by atoms with Crippen LogP contribution in [0.4, 0.5) is 5.69 Å². The molecule has 1 aromatic carbocycles. The minimum Gasteiger partial charge on any atom is -0.482 e. The molecule has 0 bridgehead atoms. The van der Waals surface area contributed by atoms with E-state index in [1.807, 2.05) is 24.3 Å². The third kappa shape index (κ3) is 5.99. The van der Waals surface area contributed by atoms with E-state index in [2.05, 4.69) is 10.6 Å². The quantitative estimate of drug-likeness (QED) is 0.632. The van der Waals surface area contributed by atoms with Crippen LogP contribution in [0.15, 0.2) is 24.3 Å². The van der Waals surface area contributed by atoms with Crippen molar-refractivity contribution in [2.75, 3.05) is 51.4 Å². The first-order chi connectivity index (χ1) is 11.2. The lowest BCUT2D eigenvalue weighted by Crippen LogP contribution is -2.41. The molecular formula is C16H24ClN3O4. The molecular weight excluding hydrogens is 334 g/mol. The third-order valence-corrected chi connectivity index (χ3v) is 3.48. The van der Waals surface area contributed by atoms with Gasteiger partial charge in [-0.25, -0.2) is 0 Å². The molecule has 134 valence electrons. The summed E-state index contributed by atoms with van der Waals surface area (Å²) in [6, 6.07) is 7.35. The molecule has 0 aliphatic carbocycles. The van der Waals surface area contributed by atoms with Crippen LogP contribution in [0.25, 0.3) is 0 Å². The van der Waals surface area contributed by atoms with Crippen LogP contribution >= 0.6 is 12.4 Å². The Labute approximate surface area is 148 Å². The van der Waals surface area contributed by atoms with Crippen molar-refractivity contribution in [1.29, 1.82) is 0 Å². The molecule has 0 aromatic heterocycles. The van der Waals surface area contributed by atoms with Gasteiger partial charge in [-0.15, -0.1) is 12.4 Å². The number of hydrogen-bond acceptors (Lipinski definition) is 5. The van der Waals surface area contributed by atoms with E-state index in [1.54, 1.807) is 12.0 Å². The molecule has 0 spiro atoms. The van der Waals surface area contributed by atoms with Gasteiger partial charge in [-0.05, 0) is 12.1 Å². The molecule has 7 nitrogen and oxygen atoms in total. The highest BCUT2D eigenvalue weighted by Gasteiger charge is 2.25. The van der Waals surface area contributed by atoms with Crippen LogP contribution < -0.4 is 20.3 Å². The van der Waals surface area contributed by atoms with E-state index in [0.717, 1.165) is 12.2 Å². The van der Waals surface area contributed by atoms with E-state index < -0.39 is 0 Å². The second-order valence-electron chi connectivity index (χ2n) is 5.14. The molecule has 0 fully saturated rings. The first-order valence-corrected chi connectivity index (χ1v) is 7.71. The van der Waals surface area contributed by atoms with E-state index in [1.165, 1.54) is 0 Å². The van der Waals surface area contributed by atoms with Crippen molar-refractivity contribution in [2.24, 2.45) is 0 Å². The molecule has 24 heavy (non-hydrogen) atoms. The summed E-state index contributed by atoms with van der Waals surface area (Å²) in [5, 5.41) is 5.97. The lowest BCUT2D eigenvalue weighted by molar-refractivity contribution is -0.122. The zero-order valence-electron chi connectivity index (χ0n) is 13.7. The summed E-state index contributed by atoms with van der Waals surface area (Å²) in [5.41, 5.74) is 0.720. The lowest BCUT2D eigenvalue weighted by Gasteiger charge is -2.29. The zero-order valence-corrected chi connectivity index (χ0v) is 14.6. The van der Waals surface area contributed by atoms with Crippen LogP contribution in [0.3, 0.4) is 0 Å². The number of para-hydroxylation sites is 2. The highest BCUT2D eigenvalue weighted by atomic mass is 35.5. The van der Waals surface area contributed by atoms with Gasteiger partial charge in [0.2, 0.25) is 5.91 Å². The molecule has 1 aliphatic rings. The summed E-state index contributed by atoms with van der Waals surface area (Å²) >= 11 is 0. The first-order valence-electron chi connectivity index (χ1n) is 7.71. The molecule has 0 saturated carbocycles. The van der Waals surface area contributed by atoms with Crippen molar-refractivity contribution >= 4 is 29.9 Å². The summed E-state index contributed by atoms with van der Waals surface area (Å²) in [6.07, 6.45) is 0.262. The van der Waals surface area contributed by atoms with Crippen LogP contribution in [0, 0.1) is 0 Å². The normalized spacial score (nSPS) is 12.9. The van der Waals surface area contributed by atoms with Crippen LogP contribution in [-0.4, -0.2) is 58.3 Å². The van der Waals surface area contributed by atoms with E-state index in [-0.39, 0.29) is 37.2 Å². The van der Waals surface area contributed by atoms with E-state index in [0.29, 0.717) is 32.0 Å². The molecule has 0 saturated heterocycles. The Balaban J connectivity index is 0.00000288. The second-order valence-corrected chi connectivity index (χ2v) is 5.14. The fraction of sp³-hybridized carbons (Fsp3) is 0.500. The number of carbonyl (C=O) groups excluding carboxylic acids is 2. The monoisotopic (exact) mass is 357 g/mol. The predicted molar refractivity (Wildman–Crippen MR) is 93.9 cm³/mol. The fourth-order valence-corrected chi connectivity index (χ4v) is 2.29. The highest BCUT2D eigenvalue weighted by molar-refractivity contribution is 5.98. The molecule has 0 unspecified atom stereocenters. The number of anilines is 1. The summed E-state index contributed by atoms with van der Waals surface area (Å²) in [5.74, 6) is 0.475. The van der Waals surface area contributed by atoms with Crippen LogP contribution in [0.2, 0.25) is 0 Å². The standard InChI is InChI=1S/C16H23N3O4.ClH/c1-22-11-9-17-7-8-18-15(20)6-10-19-13-4-2-3-5-14(13)23-12-16(19)21;/h2-5,17H,6-12H2,1H3,(H,18,20);1H. The average Bonchev–Trinajstić information content (AvgIpc) is 2.57. The van der Waals surface area contributed by atoms with Crippen LogP contribution in [0.5, 0.6) is 5.75 Å². The number of nitrogens with one attached hydrogen (secondary N) is 2.